The third-order valence-electron chi connectivity index (χ3n) is 3.23. The Balaban J connectivity index is 2.30. The van der Waals surface area contributed by atoms with E-state index in [0.29, 0.717) is 23.1 Å². The highest BCUT2D eigenvalue weighted by atomic mass is 16.4. The largest absolute Gasteiger partial charge is 0.478 e. The maximum atomic E-state index is 11.4. The van der Waals surface area contributed by atoms with Crippen molar-refractivity contribution in [3.8, 4) is 11.4 Å². The number of benzene rings is 1. The number of carboxylic acid groups (broad SMARTS) is 1. The topological polar surface area (TPSA) is 68.0 Å². The molecule has 0 unspecified atom stereocenters. The number of para-hydroxylation sites is 1. The number of carbonyl (C=O) groups is 1. The number of aromatic carboxylic acids is 1. The van der Waals surface area contributed by atoms with Gasteiger partial charge in [-0.05, 0) is 25.1 Å². The predicted octanol–water partition coefficient (Wildman–Crippen LogP) is 2.82. The molecule has 3 rings (SSSR count). The van der Waals surface area contributed by atoms with Gasteiger partial charge in [-0.25, -0.2) is 9.78 Å². The van der Waals surface area contributed by atoms with Crippen molar-refractivity contribution in [2.45, 2.75) is 13.5 Å². The van der Waals surface area contributed by atoms with E-state index >= 15 is 0 Å². The Kier molecular flexibility index (Phi) is 2.95. The first kappa shape index (κ1) is 12.3. The number of fused-ring (bicyclic) bond motifs is 1. The van der Waals surface area contributed by atoms with Crippen LogP contribution in [0.25, 0.3) is 22.3 Å². The maximum Gasteiger partial charge on any atom is 0.336 e. The summed E-state index contributed by atoms with van der Waals surface area (Å²) in [6.45, 7) is 2.69. The summed E-state index contributed by atoms with van der Waals surface area (Å²) in [5, 5.41) is 14.2. The lowest BCUT2D eigenvalue weighted by Gasteiger charge is -2.08. The standard InChI is InChI=1S/C15H13N3O2/c1-2-18-14(7-8-16-18)13-9-11(15(19)20)10-5-3-4-6-12(10)17-13/h3-9H,2H2,1H3,(H,19,20). The van der Waals surface area contributed by atoms with Crippen molar-refractivity contribution < 1.29 is 9.90 Å². The van der Waals surface area contributed by atoms with E-state index in [0.717, 1.165) is 5.69 Å². The second kappa shape index (κ2) is 4.77. The zero-order valence-corrected chi connectivity index (χ0v) is 10.9. The molecule has 0 spiro atoms. The lowest BCUT2D eigenvalue weighted by Crippen LogP contribution is -2.03. The van der Waals surface area contributed by atoms with Crippen LogP contribution in [0.2, 0.25) is 0 Å². The van der Waals surface area contributed by atoms with Gasteiger partial charge in [0.15, 0.2) is 0 Å². The van der Waals surface area contributed by atoms with Gasteiger partial charge >= 0.3 is 5.97 Å². The summed E-state index contributed by atoms with van der Waals surface area (Å²) in [5.41, 5.74) is 2.38. The zero-order chi connectivity index (χ0) is 14.1. The third kappa shape index (κ3) is 1.93. The number of rotatable bonds is 3. The molecule has 0 aliphatic carbocycles. The van der Waals surface area contributed by atoms with E-state index in [1.165, 1.54) is 0 Å². The Morgan fingerprint density at radius 2 is 2.10 bits per heavy atom. The van der Waals surface area contributed by atoms with Gasteiger partial charge in [0.2, 0.25) is 0 Å². The van der Waals surface area contributed by atoms with Crippen LogP contribution in [-0.4, -0.2) is 25.8 Å². The molecule has 0 atom stereocenters. The second-order valence-electron chi connectivity index (χ2n) is 4.41. The van der Waals surface area contributed by atoms with Crippen molar-refractivity contribution in [3.05, 3.63) is 48.2 Å². The zero-order valence-electron chi connectivity index (χ0n) is 10.9. The van der Waals surface area contributed by atoms with Gasteiger partial charge in [-0.3, -0.25) is 4.68 Å². The van der Waals surface area contributed by atoms with Gasteiger partial charge in [-0.1, -0.05) is 18.2 Å². The van der Waals surface area contributed by atoms with Crippen LogP contribution in [0.5, 0.6) is 0 Å². The molecule has 20 heavy (non-hydrogen) atoms. The molecule has 100 valence electrons. The monoisotopic (exact) mass is 267 g/mol. The number of aromatic nitrogens is 3. The van der Waals surface area contributed by atoms with Gasteiger partial charge in [0, 0.05) is 18.1 Å². The smallest absolute Gasteiger partial charge is 0.336 e. The van der Waals surface area contributed by atoms with Gasteiger partial charge in [-0.2, -0.15) is 5.10 Å². The first-order chi connectivity index (χ1) is 9.70. The van der Waals surface area contributed by atoms with Crippen molar-refractivity contribution in [1.29, 1.82) is 0 Å². The highest BCUT2D eigenvalue weighted by Gasteiger charge is 2.14. The molecule has 0 saturated heterocycles. The van der Waals surface area contributed by atoms with E-state index in [1.807, 2.05) is 31.2 Å². The fraction of sp³-hybridized carbons (Fsp3) is 0.133. The van der Waals surface area contributed by atoms with Gasteiger partial charge in [0.1, 0.15) is 0 Å². The third-order valence-corrected chi connectivity index (χ3v) is 3.23. The Bertz CT molecular complexity index is 793. The summed E-state index contributed by atoms with van der Waals surface area (Å²) >= 11 is 0. The van der Waals surface area contributed by atoms with Gasteiger partial charge in [0.25, 0.3) is 0 Å². The normalized spacial score (nSPS) is 10.8. The average molecular weight is 267 g/mol. The van der Waals surface area contributed by atoms with E-state index in [4.69, 9.17) is 0 Å². The molecule has 0 aliphatic heterocycles. The Hall–Kier alpha value is -2.69. The lowest BCUT2D eigenvalue weighted by molar-refractivity contribution is 0.0699. The molecule has 5 heteroatoms. The Morgan fingerprint density at radius 1 is 1.30 bits per heavy atom. The fourth-order valence-electron chi connectivity index (χ4n) is 2.29. The van der Waals surface area contributed by atoms with Crippen LogP contribution < -0.4 is 0 Å². The molecule has 2 heterocycles. The highest BCUT2D eigenvalue weighted by Crippen LogP contribution is 2.24. The SMILES string of the molecule is CCn1nccc1-c1cc(C(=O)O)c2ccccc2n1. The molecule has 2 aromatic heterocycles. The first-order valence-corrected chi connectivity index (χ1v) is 6.36. The number of pyridine rings is 1. The number of hydrogen-bond acceptors (Lipinski definition) is 3. The molecule has 0 saturated carbocycles. The number of aryl methyl sites for hydroxylation is 1. The molecule has 0 radical (unpaired) electrons. The minimum atomic E-state index is -0.951. The van der Waals surface area contributed by atoms with Crippen LogP contribution in [0.3, 0.4) is 0 Å². The van der Waals surface area contributed by atoms with Crippen molar-refractivity contribution in [1.82, 2.24) is 14.8 Å². The van der Waals surface area contributed by atoms with Crippen LogP contribution >= 0.6 is 0 Å². The fourth-order valence-corrected chi connectivity index (χ4v) is 2.29. The van der Waals surface area contributed by atoms with Crippen LogP contribution in [0.4, 0.5) is 0 Å². The quantitative estimate of drug-likeness (QED) is 0.792. The summed E-state index contributed by atoms with van der Waals surface area (Å²) in [4.78, 5) is 16.0. The molecule has 0 fully saturated rings. The van der Waals surface area contributed by atoms with Crippen LogP contribution in [-0.2, 0) is 6.54 Å². The number of carboxylic acids is 1. The molecule has 3 aromatic rings. The Labute approximate surface area is 115 Å². The maximum absolute atomic E-state index is 11.4. The van der Waals surface area contributed by atoms with Crippen LogP contribution in [0, 0.1) is 0 Å². The lowest BCUT2D eigenvalue weighted by atomic mass is 10.1. The minimum absolute atomic E-state index is 0.259. The Morgan fingerprint density at radius 3 is 2.85 bits per heavy atom. The van der Waals surface area contributed by atoms with Crippen LogP contribution in [0.15, 0.2) is 42.6 Å². The van der Waals surface area contributed by atoms with E-state index in [1.54, 1.807) is 23.0 Å². The molecular formula is C15H13N3O2. The number of hydrogen-bond donors (Lipinski definition) is 1. The van der Waals surface area contributed by atoms with Gasteiger partial charge < -0.3 is 5.11 Å². The van der Waals surface area contributed by atoms with E-state index < -0.39 is 5.97 Å². The number of nitrogens with zero attached hydrogens (tertiary/aromatic N) is 3. The molecular weight excluding hydrogens is 254 g/mol. The highest BCUT2D eigenvalue weighted by molar-refractivity contribution is 6.03. The first-order valence-electron chi connectivity index (χ1n) is 6.36. The molecule has 1 N–H and O–H groups in total. The predicted molar refractivity (Wildman–Crippen MR) is 75.6 cm³/mol. The molecule has 0 aliphatic rings. The summed E-state index contributed by atoms with van der Waals surface area (Å²) in [6, 6.07) is 10.7. The van der Waals surface area contributed by atoms with E-state index in [9.17, 15) is 9.90 Å². The summed E-state index contributed by atoms with van der Waals surface area (Å²) in [7, 11) is 0. The average Bonchev–Trinajstić information content (AvgIpc) is 2.94. The van der Waals surface area contributed by atoms with Gasteiger partial charge in [-0.15, -0.1) is 0 Å². The van der Waals surface area contributed by atoms with E-state index in [2.05, 4.69) is 10.1 Å². The molecule has 0 bridgehead atoms. The molecule has 5 nitrogen and oxygen atoms in total. The van der Waals surface area contributed by atoms with Crippen molar-refractivity contribution in [3.63, 3.8) is 0 Å². The summed E-state index contributed by atoms with van der Waals surface area (Å²) in [6.07, 6.45) is 1.69. The van der Waals surface area contributed by atoms with Crippen molar-refractivity contribution >= 4 is 16.9 Å². The molecule has 0 amide bonds. The van der Waals surface area contributed by atoms with Crippen molar-refractivity contribution in [2.75, 3.05) is 0 Å². The van der Waals surface area contributed by atoms with Crippen molar-refractivity contribution in [2.24, 2.45) is 0 Å². The minimum Gasteiger partial charge on any atom is -0.478 e. The van der Waals surface area contributed by atoms with Crippen LogP contribution in [0.1, 0.15) is 17.3 Å². The van der Waals surface area contributed by atoms with Gasteiger partial charge in [0.05, 0.1) is 22.5 Å². The molecule has 1 aromatic carbocycles. The second-order valence-corrected chi connectivity index (χ2v) is 4.41. The van der Waals surface area contributed by atoms with E-state index in [-0.39, 0.29) is 5.56 Å². The summed E-state index contributed by atoms with van der Waals surface area (Å²) < 4.78 is 1.79. The summed E-state index contributed by atoms with van der Waals surface area (Å²) in [5.74, 6) is -0.951.